The van der Waals surface area contributed by atoms with Gasteiger partial charge in [0.2, 0.25) is 11.8 Å². The third-order valence-electron chi connectivity index (χ3n) is 1.66. The number of rotatable bonds is 6. The summed E-state index contributed by atoms with van der Waals surface area (Å²) in [7, 11) is -4.38. The van der Waals surface area contributed by atoms with Crippen molar-refractivity contribution in [3.05, 3.63) is 0 Å². The molecular weight excluding hydrogens is 226 g/mol. The number of carbonyl (C=O) groups excluding carboxylic acids is 2. The zero-order chi connectivity index (χ0) is 12.2. The van der Waals surface area contributed by atoms with E-state index in [9.17, 15) is 18.0 Å². The molecule has 9 heteroatoms. The molecule has 2 amide bonds. The Hall–Kier alpha value is -1.19. The number of carbonyl (C=O) groups is 2. The molecule has 0 rings (SSSR count). The molecule has 1 atom stereocenters. The van der Waals surface area contributed by atoms with Gasteiger partial charge in [-0.3, -0.25) is 19.0 Å². The Balaban J connectivity index is 4.77. The molecule has 0 aromatic heterocycles. The van der Waals surface area contributed by atoms with Crippen LogP contribution < -0.4 is 11.5 Å². The molecule has 0 spiro atoms. The van der Waals surface area contributed by atoms with Crippen molar-refractivity contribution in [2.24, 2.45) is 11.5 Å². The summed E-state index contributed by atoms with van der Waals surface area (Å²) in [5.74, 6) is -1.65. The molecule has 0 aliphatic carbocycles. The van der Waals surface area contributed by atoms with Crippen molar-refractivity contribution in [1.29, 1.82) is 0 Å². The van der Waals surface area contributed by atoms with Crippen LogP contribution in [0, 0.1) is 0 Å². The molecule has 0 radical (unpaired) electrons. The Morgan fingerprint density at radius 1 is 1.27 bits per heavy atom. The Labute approximate surface area is 87.0 Å². The highest BCUT2D eigenvalue weighted by Gasteiger charge is 2.27. The summed E-state index contributed by atoms with van der Waals surface area (Å²) < 4.78 is 30.2. The Morgan fingerprint density at radius 3 is 1.80 bits per heavy atom. The number of nitrogens with two attached hydrogens (primary N) is 2. The Kier molecular flexibility index (Phi) is 4.65. The minimum Gasteiger partial charge on any atom is -0.369 e. The number of amides is 2. The molecule has 1 unspecified atom stereocenters. The van der Waals surface area contributed by atoms with Crippen LogP contribution in [-0.4, -0.2) is 48.1 Å². The van der Waals surface area contributed by atoms with Gasteiger partial charge in [-0.1, -0.05) is 0 Å². The lowest BCUT2D eigenvalue weighted by molar-refractivity contribution is -0.122. The molecule has 0 saturated heterocycles. The summed E-state index contributed by atoms with van der Waals surface area (Å²) in [6, 6.07) is 0. The SMILES string of the molecule is CC(N(CC(N)=O)CC(N)=O)S(=O)(=O)O. The van der Waals surface area contributed by atoms with E-state index in [1.165, 1.54) is 0 Å². The summed E-state index contributed by atoms with van der Waals surface area (Å²) in [6.45, 7) is 0.148. The van der Waals surface area contributed by atoms with Crippen molar-refractivity contribution in [2.75, 3.05) is 13.1 Å². The van der Waals surface area contributed by atoms with Gasteiger partial charge < -0.3 is 11.5 Å². The zero-order valence-corrected chi connectivity index (χ0v) is 8.90. The zero-order valence-electron chi connectivity index (χ0n) is 8.08. The van der Waals surface area contributed by atoms with Crippen LogP contribution in [0.3, 0.4) is 0 Å². The summed E-state index contributed by atoms with van der Waals surface area (Å²) in [6.07, 6.45) is 0. The van der Waals surface area contributed by atoms with Crippen LogP contribution >= 0.6 is 0 Å². The molecule has 88 valence electrons. The van der Waals surface area contributed by atoms with Gasteiger partial charge in [0.05, 0.1) is 13.1 Å². The molecule has 8 nitrogen and oxygen atoms in total. The number of primary amides is 2. The highest BCUT2D eigenvalue weighted by molar-refractivity contribution is 7.86. The number of hydrogen-bond donors (Lipinski definition) is 3. The molecule has 0 aliphatic heterocycles. The first kappa shape index (κ1) is 13.8. The summed E-state index contributed by atoms with van der Waals surface area (Å²) >= 11 is 0. The summed E-state index contributed by atoms with van der Waals surface area (Å²) in [4.78, 5) is 22.0. The third-order valence-corrected chi connectivity index (χ3v) is 2.82. The lowest BCUT2D eigenvalue weighted by Gasteiger charge is -2.23. The predicted molar refractivity (Wildman–Crippen MR) is 51.0 cm³/mol. The highest BCUT2D eigenvalue weighted by Crippen LogP contribution is 2.04. The van der Waals surface area contributed by atoms with E-state index >= 15 is 0 Å². The van der Waals surface area contributed by atoms with Crippen LogP contribution in [0.4, 0.5) is 0 Å². The van der Waals surface area contributed by atoms with Crippen molar-refractivity contribution in [2.45, 2.75) is 12.3 Å². The molecule has 0 bridgehead atoms. The van der Waals surface area contributed by atoms with Gasteiger partial charge >= 0.3 is 0 Å². The van der Waals surface area contributed by atoms with Crippen LogP contribution in [0.1, 0.15) is 6.92 Å². The van der Waals surface area contributed by atoms with E-state index in [0.717, 1.165) is 11.8 Å². The normalized spacial score (nSPS) is 13.8. The fourth-order valence-corrected chi connectivity index (χ4v) is 1.43. The van der Waals surface area contributed by atoms with E-state index in [1.54, 1.807) is 0 Å². The van der Waals surface area contributed by atoms with Crippen LogP contribution in [0.2, 0.25) is 0 Å². The minimum absolute atomic E-state index is 0.482. The van der Waals surface area contributed by atoms with Gasteiger partial charge in [0, 0.05) is 0 Å². The van der Waals surface area contributed by atoms with Crippen molar-refractivity contribution < 1.29 is 22.6 Å². The van der Waals surface area contributed by atoms with Crippen molar-refractivity contribution in [1.82, 2.24) is 4.90 Å². The molecule has 0 saturated carbocycles. The van der Waals surface area contributed by atoms with Crippen molar-refractivity contribution in [3.63, 3.8) is 0 Å². The Morgan fingerprint density at radius 2 is 1.60 bits per heavy atom. The first-order valence-electron chi connectivity index (χ1n) is 3.91. The second-order valence-corrected chi connectivity index (χ2v) is 4.66. The highest BCUT2D eigenvalue weighted by atomic mass is 32.2. The lowest BCUT2D eigenvalue weighted by Crippen LogP contribution is -2.47. The fraction of sp³-hybridized carbons (Fsp3) is 0.667. The average Bonchev–Trinajstić information content (AvgIpc) is 1.98. The molecular formula is C6H13N3O5S. The summed E-state index contributed by atoms with van der Waals surface area (Å²) in [5.41, 5.74) is 9.68. The van der Waals surface area contributed by atoms with Crippen LogP contribution in [0.15, 0.2) is 0 Å². The monoisotopic (exact) mass is 239 g/mol. The molecule has 0 fully saturated rings. The number of nitrogens with zero attached hydrogens (tertiary/aromatic N) is 1. The van der Waals surface area contributed by atoms with Crippen LogP contribution in [0.5, 0.6) is 0 Å². The fourth-order valence-electron chi connectivity index (χ4n) is 0.902. The smallest absolute Gasteiger partial charge is 0.281 e. The maximum absolute atomic E-state index is 10.7. The van der Waals surface area contributed by atoms with E-state index in [4.69, 9.17) is 16.0 Å². The van der Waals surface area contributed by atoms with Gasteiger partial charge in [-0.2, -0.15) is 8.42 Å². The predicted octanol–water partition coefficient (Wildman–Crippen LogP) is -2.51. The minimum atomic E-state index is -4.38. The molecule has 0 aromatic rings. The van der Waals surface area contributed by atoms with E-state index in [0.29, 0.717) is 0 Å². The Bertz CT molecular complexity index is 336. The van der Waals surface area contributed by atoms with E-state index < -0.39 is 40.4 Å². The molecule has 0 aromatic carbocycles. The molecule has 5 N–H and O–H groups in total. The van der Waals surface area contributed by atoms with Crippen LogP contribution in [-0.2, 0) is 19.7 Å². The topological polar surface area (TPSA) is 144 Å². The summed E-state index contributed by atoms with van der Waals surface area (Å²) in [5, 5.41) is -1.42. The number of hydrogen-bond acceptors (Lipinski definition) is 5. The standard InChI is InChI=1S/C6H13N3O5S/c1-4(15(12,13)14)9(2-5(7)10)3-6(8)11/h4H,2-3H2,1H3,(H2,7,10)(H2,8,11)(H,12,13,14). The molecule has 0 aliphatic rings. The lowest BCUT2D eigenvalue weighted by atomic mass is 10.4. The van der Waals surface area contributed by atoms with Crippen molar-refractivity contribution >= 4 is 21.9 Å². The second kappa shape index (κ2) is 5.05. The van der Waals surface area contributed by atoms with Gasteiger partial charge in [0.1, 0.15) is 5.37 Å². The maximum Gasteiger partial charge on any atom is 0.281 e. The second-order valence-electron chi connectivity index (χ2n) is 2.95. The van der Waals surface area contributed by atoms with E-state index in [2.05, 4.69) is 0 Å². The van der Waals surface area contributed by atoms with Gasteiger partial charge in [-0.15, -0.1) is 0 Å². The first-order chi connectivity index (χ1) is 6.64. The van der Waals surface area contributed by atoms with Gasteiger partial charge in [0.15, 0.2) is 0 Å². The van der Waals surface area contributed by atoms with Gasteiger partial charge in [0.25, 0.3) is 10.1 Å². The third kappa shape index (κ3) is 5.30. The van der Waals surface area contributed by atoms with E-state index in [1.807, 2.05) is 0 Å². The molecule has 0 heterocycles. The van der Waals surface area contributed by atoms with E-state index in [-0.39, 0.29) is 0 Å². The maximum atomic E-state index is 10.7. The largest absolute Gasteiger partial charge is 0.369 e. The average molecular weight is 239 g/mol. The first-order valence-corrected chi connectivity index (χ1v) is 5.42. The quantitative estimate of drug-likeness (QED) is 0.437. The molecule has 15 heavy (non-hydrogen) atoms. The van der Waals surface area contributed by atoms with Gasteiger partial charge in [-0.25, -0.2) is 0 Å². The van der Waals surface area contributed by atoms with Crippen LogP contribution in [0.25, 0.3) is 0 Å². The van der Waals surface area contributed by atoms with Gasteiger partial charge in [-0.05, 0) is 6.92 Å². The van der Waals surface area contributed by atoms with Crippen molar-refractivity contribution in [3.8, 4) is 0 Å².